The molecule has 18 heavy (non-hydrogen) atoms. The van der Waals surface area contributed by atoms with Crippen molar-refractivity contribution in [1.29, 1.82) is 0 Å². The van der Waals surface area contributed by atoms with Crippen molar-refractivity contribution in [2.75, 3.05) is 0 Å². The third-order valence-corrected chi connectivity index (χ3v) is 3.48. The molecule has 1 aliphatic heterocycles. The number of ether oxygens (including phenoxy) is 1. The number of hydrogen-bond acceptors (Lipinski definition) is 1. The van der Waals surface area contributed by atoms with Crippen LogP contribution in [0.4, 0.5) is 0 Å². The van der Waals surface area contributed by atoms with Crippen LogP contribution in [-0.2, 0) is 0 Å². The van der Waals surface area contributed by atoms with Crippen LogP contribution in [0.15, 0.2) is 43.0 Å². The van der Waals surface area contributed by atoms with Crippen molar-refractivity contribution < 1.29 is 4.74 Å². The molecule has 0 N–H and O–H groups in total. The van der Waals surface area contributed by atoms with E-state index in [1.165, 1.54) is 22.3 Å². The molecule has 1 heterocycles. The van der Waals surface area contributed by atoms with E-state index in [1.807, 2.05) is 6.08 Å². The Kier molecular flexibility index (Phi) is 2.48. The molecule has 1 heteroatoms. The summed E-state index contributed by atoms with van der Waals surface area (Å²) >= 11 is 0. The van der Waals surface area contributed by atoms with E-state index in [1.54, 1.807) is 0 Å². The molecule has 1 nitrogen and oxygen atoms in total. The van der Waals surface area contributed by atoms with E-state index in [9.17, 15) is 0 Å². The minimum Gasteiger partial charge on any atom is -0.485 e. The Balaban J connectivity index is 2.23. The van der Waals surface area contributed by atoms with Gasteiger partial charge >= 0.3 is 0 Å². The van der Waals surface area contributed by atoms with Crippen LogP contribution in [0, 0.1) is 6.92 Å². The molecule has 0 radical (unpaired) electrons. The number of hydrogen-bond donors (Lipinski definition) is 0. The van der Waals surface area contributed by atoms with Gasteiger partial charge in [-0.1, -0.05) is 48.6 Å². The van der Waals surface area contributed by atoms with Gasteiger partial charge in [0.05, 0.1) is 0 Å². The molecule has 1 unspecified atom stereocenters. The normalized spacial score (nSPS) is 16.4. The van der Waals surface area contributed by atoms with Crippen LogP contribution in [0.3, 0.4) is 0 Å². The van der Waals surface area contributed by atoms with Crippen molar-refractivity contribution in [3.8, 4) is 16.9 Å². The van der Waals surface area contributed by atoms with Crippen LogP contribution in [0.5, 0.6) is 5.75 Å². The molecule has 0 saturated carbocycles. The molecule has 0 aliphatic carbocycles. The van der Waals surface area contributed by atoms with E-state index in [4.69, 9.17) is 4.74 Å². The van der Waals surface area contributed by atoms with Crippen LogP contribution in [0.1, 0.15) is 29.7 Å². The maximum absolute atomic E-state index is 6.01. The van der Waals surface area contributed by atoms with Gasteiger partial charge in [0.25, 0.3) is 0 Å². The summed E-state index contributed by atoms with van der Waals surface area (Å²) in [5, 5.41) is 0. The Morgan fingerprint density at radius 2 is 1.89 bits per heavy atom. The van der Waals surface area contributed by atoms with Crippen molar-refractivity contribution in [3.05, 3.63) is 59.7 Å². The molecule has 0 amide bonds. The van der Waals surface area contributed by atoms with E-state index in [0.29, 0.717) is 0 Å². The molecule has 2 aromatic rings. The fraction of sp³-hybridized carbons (Fsp3) is 0.176. The minimum absolute atomic E-state index is 0.104. The number of rotatable bonds is 1. The number of benzene rings is 2. The lowest BCUT2D eigenvalue weighted by atomic mass is 9.91. The standard InChI is InChI=1S/C17H16O/c1-4-13-6-8-15-14-7-5-11(2)9-16(14)12(3)18-17(15)10-13/h4-10,12H,1H2,2-3H3. The topological polar surface area (TPSA) is 9.23 Å². The first kappa shape index (κ1) is 11.1. The van der Waals surface area contributed by atoms with E-state index < -0.39 is 0 Å². The first-order valence-corrected chi connectivity index (χ1v) is 6.23. The fourth-order valence-electron chi connectivity index (χ4n) is 2.50. The summed E-state index contributed by atoms with van der Waals surface area (Å²) in [5.74, 6) is 0.955. The predicted octanol–water partition coefficient (Wildman–Crippen LogP) is 4.76. The number of fused-ring (bicyclic) bond motifs is 3. The van der Waals surface area contributed by atoms with E-state index in [0.717, 1.165) is 11.3 Å². The summed E-state index contributed by atoms with van der Waals surface area (Å²) in [6.45, 7) is 8.01. The smallest absolute Gasteiger partial charge is 0.128 e. The fourth-order valence-corrected chi connectivity index (χ4v) is 2.50. The first-order valence-electron chi connectivity index (χ1n) is 6.23. The lowest BCUT2D eigenvalue weighted by Gasteiger charge is -2.27. The Morgan fingerprint density at radius 1 is 1.11 bits per heavy atom. The summed E-state index contributed by atoms with van der Waals surface area (Å²) in [7, 11) is 0. The second-order valence-corrected chi connectivity index (χ2v) is 4.81. The SMILES string of the molecule is C=Cc1ccc2c(c1)OC(C)c1cc(C)ccc1-2. The quantitative estimate of drug-likeness (QED) is 0.693. The van der Waals surface area contributed by atoms with Gasteiger partial charge in [-0.2, -0.15) is 0 Å². The highest BCUT2D eigenvalue weighted by molar-refractivity contribution is 5.77. The summed E-state index contributed by atoms with van der Waals surface area (Å²) in [6, 6.07) is 12.8. The zero-order valence-electron chi connectivity index (χ0n) is 10.7. The molecule has 0 spiro atoms. The lowest BCUT2D eigenvalue weighted by molar-refractivity contribution is 0.223. The molecule has 1 atom stereocenters. The summed E-state index contributed by atoms with van der Waals surface area (Å²) in [4.78, 5) is 0. The molecule has 0 bridgehead atoms. The largest absolute Gasteiger partial charge is 0.485 e. The predicted molar refractivity (Wildman–Crippen MR) is 75.7 cm³/mol. The Morgan fingerprint density at radius 3 is 2.67 bits per heavy atom. The molecular formula is C17H16O. The van der Waals surface area contributed by atoms with Crippen molar-refractivity contribution in [3.63, 3.8) is 0 Å². The van der Waals surface area contributed by atoms with E-state index >= 15 is 0 Å². The maximum atomic E-state index is 6.01. The molecule has 0 fully saturated rings. The zero-order valence-corrected chi connectivity index (χ0v) is 10.7. The third-order valence-electron chi connectivity index (χ3n) is 3.48. The first-order chi connectivity index (χ1) is 8.69. The Labute approximate surface area is 108 Å². The van der Waals surface area contributed by atoms with Gasteiger partial charge in [-0.25, -0.2) is 0 Å². The van der Waals surface area contributed by atoms with Gasteiger partial charge in [-0.3, -0.25) is 0 Å². The van der Waals surface area contributed by atoms with Crippen LogP contribution in [0.2, 0.25) is 0 Å². The van der Waals surface area contributed by atoms with Gasteiger partial charge in [0.2, 0.25) is 0 Å². The van der Waals surface area contributed by atoms with Crippen molar-refractivity contribution in [2.45, 2.75) is 20.0 Å². The Hall–Kier alpha value is -2.02. The average molecular weight is 236 g/mol. The lowest BCUT2D eigenvalue weighted by Crippen LogP contribution is -2.11. The van der Waals surface area contributed by atoms with E-state index in [2.05, 4.69) is 56.8 Å². The second kappa shape index (κ2) is 4.02. The van der Waals surface area contributed by atoms with Crippen LogP contribution >= 0.6 is 0 Å². The van der Waals surface area contributed by atoms with Crippen molar-refractivity contribution >= 4 is 6.08 Å². The second-order valence-electron chi connectivity index (χ2n) is 4.81. The summed E-state index contributed by atoms with van der Waals surface area (Å²) in [6.07, 6.45) is 1.95. The molecule has 1 aliphatic rings. The summed E-state index contributed by atoms with van der Waals surface area (Å²) < 4.78 is 6.01. The Bertz CT molecular complexity index is 626. The van der Waals surface area contributed by atoms with Gasteiger partial charge in [0, 0.05) is 11.1 Å². The molecule has 2 aromatic carbocycles. The molecule has 3 rings (SSSR count). The minimum atomic E-state index is 0.104. The van der Waals surface area contributed by atoms with Crippen molar-refractivity contribution in [2.24, 2.45) is 0 Å². The van der Waals surface area contributed by atoms with Gasteiger partial charge < -0.3 is 4.74 Å². The highest BCUT2D eigenvalue weighted by atomic mass is 16.5. The number of aryl methyl sites for hydroxylation is 1. The molecular weight excluding hydrogens is 220 g/mol. The van der Waals surface area contributed by atoms with Gasteiger partial charge in [-0.05, 0) is 31.0 Å². The molecule has 0 saturated heterocycles. The van der Waals surface area contributed by atoms with Crippen molar-refractivity contribution in [1.82, 2.24) is 0 Å². The van der Waals surface area contributed by atoms with Gasteiger partial charge in [-0.15, -0.1) is 0 Å². The summed E-state index contributed by atoms with van der Waals surface area (Å²) in [5.41, 5.74) is 6.10. The van der Waals surface area contributed by atoms with Gasteiger partial charge in [0.15, 0.2) is 0 Å². The highest BCUT2D eigenvalue weighted by Gasteiger charge is 2.22. The maximum Gasteiger partial charge on any atom is 0.128 e. The van der Waals surface area contributed by atoms with Gasteiger partial charge in [0.1, 0.15) is 11.9 Å². The molecule has 0 aromatic heterocycles. The molecule has 90 valence electrons. The third kappa shape index (κ3) is 1.63. The average Bonchev–Trinajstić information content (AvgIpc) is 2.38. The van der Waals surface area contributed by atoms with Crippen LogP contribution < -0.4 is 4.74 Å². The zero-order chi connectivity index (χ0) is 12.7. The van der Waals surface area contributed by atoms with Crippen LogP contribution in [-0.4, -0.2) is 0 Å². The van der Waals surface area contributed by atoms with Crippen LogP contribution in [0.25, 0.3) is 17.2 Å². The highest BCUT2D eigenvalue weighted by Crippen LogP contribution is 2.42. The van der Waals surface area contributed by atoms with E-state index in [-0.39, 0.29) is 6.10 Å². The monoisotopic (exact) mass is 236 g/mol.